The summed E-state index contributed by atoms with van der Waals surface area (Å²) < 4.78 is 0. The van der Waals surface area contributed by atoms with Crippen molar-refractivity contribution in [2.45, 2.75) is 69.7 Å². The number of hydrogen-bond acceptors (Lipinski definition) is 1. The molecule has 0 saturated heterocycles. The van der Waals surface area contributed by atoms with Gasteiger partial charge in [0.1, 0.15) is 0 Å². The largest absolute Gasteiger partial charge is 0.324 e. The zero-order chi connectivity index (χ0) is 14.7. The monoisotopic (exact) mass is 281 g/mol. The van der Waals surface area contributed by atoms with Crippen LogP contribution in [0.5, 0.6) is 0 Å². The van der Waals surface area contributed by atoms with Crippen molar-refractivity contribution < 1.29 is 0 Å². The molecule has 0 radical (unpaired) electrons. The first-order chi connectivity index (χ1) is 10.1. The Balaban J connectivity index is 2.01. The summed E-state index contributed by atoms with van der Waals surface area (Å²) in [6, 6.07) is 4.78. The molecule has 4 rings (SSSR count). The number of allylic oxidation sites excluding steroid dienone is 1. The molecule has 0 heterocycles. The summed E-state index contributed by atoms with van der Waals surface area (Å²) in [4.78, 5) is 0. The van der Waals surface area contributed by atoms with E-state index in [2.05, 4.69) is 38.1 Å². The second kappa shape index (κ2) is 4.46. The van der Waals surface area contributed by atoms with Gasteiger partial charge in [0.15, 0.2) is 0 Å². The second-order valence-corrected chi connectivity index (χ2v) is 7.64. The highest BCUT2D eigenvalue weighted by molar-refractivity contribution is 5.58. The lowest BCUT2D eigenvalue weighted by atomic mass is 9.61. The van der Waals surface area contributed by atoms with Crippen LogP contribution in [0.3, 0.4) is 0 Å². The number of aryl methyl sites for hydroxylation is 2. The van der Waals surface area contributed by atoms with E-state index in [0.29, 0.717) is 5.92 Å². The van der Waals surface area contributed by atoms with Gasteiger partial charge in [-0.25, -0.2) is 0 Å². The summed E-state index contributed by atoms with van der Waals surface area (Å²) in [5, 5.41) is 0. The quantitative estimate of drug-likeness (QED) is 0.772. The predicted octanol–water partition coefficient (Wildman–Crippen LogP) is 4.06. The molecule has 1 heteroatoms. The zero-order valence-electron chi connectivity index (χ0n) is 13.4. The topological polar surface area (TPSA) is 26.0 Å². The van der Waals surface area contributed by atoms with Gasteiger partial charge < -0.3 is 5.73 Å². The molecule has 21 heavy (non-hydrogen) atoms. The summed E-state index contributed by atoms with van der Waals surface area (Å²) in [7, 11) is 0. The van der Waals surface area contributed by atoms with Gasteiger partial charge in [-0.05, 0) is 66.7 Å². The molecule has 3 unspecified atom stereocenters. The molecule has 3 atom stereocenters. The Morgan fingerprint density at radius 3 is 2.95 bits per heavy atom. The van der Waals surface area contributed by atoms with Gasteiger partial charge >= 0.3 is 0 Å². The Morgan fingerprint density at radius 2 is 2.14 bits per heavy atom. The van der Waals surface area contributed by atoms with E-state index < -0.39 is 0 Å². The van der Waals surface area contributed by atoms with Gasteiger partial charge in [-0.3, -0.25) is 0 Å². The molecule has 112 valence electrons. The highest BCUT2D eigenvalue weighted by Gasteiger charge is 2.56. The fourth-order valence-electron chi connectivity index (χ4n) is 5.41. The molecule has 0 aromatic heterocycles. The van der Waals surface area contributed by atoms with E-state index >= 15 is 0 Å². The molecule has 0 saturated carbocycles. The van der Waals surface area contributed by atoms with Crippen LogP contribution in [0.2, 0.25) is 0 Å². The molecule has 3 aliphatic carbocycles. The van der Waals surface area contributed by atoms with Crippen LogP contribution in [-0.4, -0.2) is 5.54 Å². The molecule has 1 spiro atoms. The van der Waals surface area contributed by atoms with Crippen molar-refractivity contribution in [3.63, 3.8) is 0 Å². The minimum atomic E-state index is -0.0478. The molecule has 0 aliphatic heterocycles. The molecule has 1 aromatic carbocycles. The normalized spacial score (nSPS) is 37.0. The third kappa shape index (κ3) is 1.67. The van der Waals surface area contributed by atoms with E-state index in [1.54, 1.807) is 16.7 Å². The smallest absolute Gasteiger partial charge is 0.0334 e. The molecule has 1 nitrogen and oxygen atoms in total. The first-order valence-electron chi connectivity index (χ1n) is 8.72. The fraction of sp³-hybridized carbons (Fsp3) is 0.600. The maximum atomic E-state index is 7.10. The zero-order valence-corrected chi connectivity index (χ0v) is 13.4. The molecule has 3 aliphatic rings. The van der Waals surface area contributed by atoms with Crippen LogP contribution in [-0.2, 0) is 24.7 Å². The standard InChI is InChI=1S/C20H27N/c1-3-15-7-8-16-6-4-5-10-19-11-9-14(2)12-20(19,21)13-17(15)18(16)19/h7-9,11,14H,3-6,10,12-13,21H2,1-2H3. The highest BCUT2D eigenvalue weighted by atomic mass is 14.8. The summed E-state index contributed by atoms with van der Waals surface area (Å²) in [6.45, 7) is 4.60. The predicted molar refractivity (Wildman–Crippen MR) is 88.6 cm³/mol. The number of rotatable bonds is 1. The highest BCUT2D eigenvalue weighted by Crippen LogP contribution is 2.56. The maximum absolute atomic E-state index is 7.10. The maximum Gasteiger partial charge on any atom is 0.0334 e. The third-order valence-electron chi connectivity index (χ3n) is 6.37. The van der Waals surface area contributed by atoms with Gasteiger partial charge in [-0.1, -0.05) is 44.6 Å². The van der Waals surface area contributed by atoms with Crippen molar-refractivity contribution in [1.29, 1.82) is 0 Å². The van der Waals surface area contributed by atoms with Crippen molar-refractivity contribution in [2.24, 2.45) is 11.7 Å². The molecule has 2 N–H and O–H groups in total. The van der Waals surface area contributed by atoms with Crippen LogP contribution in [0, 0.1) is 5.92 Å². The summed E-state index contributed by atoms with van der Waals surface area (Å²) in [6.07, 6.45) is 13.4. The van der Waals surface area contributed by atoms with Gasteiger partial charge in [0.05, 0.1) is 0 Å². The van der Waals surface area contributed by atoms with Crippen molar-refractivity contribution in [2.75, 3.05) is 0 Å². The lowest BCUT2D eigenvalue weighted by Crippen LogP contribution is -2.57. The van der Waals surface area contributed by atoms with Crippen molar-refractivity contribution in [3.8, 4) is 0 Å². The van der Waals surface area contributed by atoms with Crippen molar-refractivity contribution >= 4 is 0 Å². The van der Waals surface area contributed by atoms with E-state index in [4.69, 9.17) is 5.73 Å². The van der Waals surface area contributed by atoms with Crippen LogP contribution in [0.15, 0.2) is 24.3 Å². The minimum absolute atomic E-state index is 0.0478. The summed E-state index contributed by atoms with van der Waals surface area (Å²) in [5.41, 5.74) is 13.6. The fourth-order valence-corrected chi connectivity index (χ4v) is 5.41. The van der Waals surface area contributed by atoms with Crippen LogP contribution >= 0.6 is 0 Å². The van der Waals surface area contributed by atoms with E-state index in [1.807, 2.05) is 0 Å². The van der Waals surface area contributed by atoms with Crippen molar-refractivity contribution in [3.05, 3.63) is 46.5 Å². The van der Waals surface area contributed by atoms with E-state index in [1.165, 1.54) is 31.2 Å². The van der Waals surface area contributed by atoms with E-state index in [-0.39, 0.29) is 11.0 Å². The second-order valence-electron chi connectivity index (χ2n) is 7.64. The third-order valence-corrected chi connectivity index (χ3v) is 6.37. The molecule has 0 amide bonds. The molecule has 0 bridgehead atoms. The van der Waals surface area contributed by atoms with Gasteiger partial charge in [-0.2, -0.15) is 0 Å². The van der Waals surface area contributed by atoms with Gasteiger partial charge in [0.25, 0.3) is 0 Å². The lowest BCUT2D eigenvalue weighted by molar-refractivity contribution is 0.221. The minimum Gasteiger partial charge on any atom is -0.324 e. The molecular weight excluding hydrogens is 254 g/mol. The van der Waals surface area contributed by atoms with Crippen LogP contribution in [0.1, 0.15) is 61.8 Å². The average Bonchev–Trinajstić information content (AvgIpc) is 2.60. The lowest BCUT2D eigenvalue weighted by Gasteiger charge is -2.46. The Morgan fingerprint density at radius 1 is 1.29 bits per heavy atom. The molecular formula is C20H27N. The number of hydrogen-bond donors (Lipinski definition) is 1. The Hall–Kier alpha value is -1.08. The van der Waals surface area contributed by atoms with Gasteiger partial charge in [-0.15, -0.1) is 0 Å². The van der Waals surface area contributed by atoms with Crippen LogP contribution in [0.4, 0.5) is 0 Å². The Kier molecular flexibility index (Phi) is 2.88. The first kappa shape index (κ1) is 13.6. The van der Waals surface area contributed by atoms with E-state index in [9.17, 15) is 0 Å². The summed E-state index contributed by atoms with van der Waals surface area (Å²) in [5.74, 6) is 0.617. The van der Waals surface area contributed by atoms with Crippen LogP contribution in [0.25, 0.3) is 0 Å². The molecule has 1 aromatic rings. The van der Waals surface area contributed by atoms with E-state index in [0.717, 1.165) is 19.3 Å². The van der Waals surface area contributed by atoms with Crippen molar-refractivity contribution in [1.82, 2.24) is 0 Å². The SMILES string of the molecule is CCc1ccc2c3c1CC1(N)CC(C)C=CC31CCCC2. The summed E-state index contributed by atoms with van der Waals surface area (Å²) >= 11 is 0. The van der Waals surface area contributed by atoms with Gasteiger partial charge in [0, 0.05) is 11.0 Å². The Labute approximate surface area is 128 Å². The Bertz CT molecular complexity index is 615. The van der Waals surface area contributed by atoms with Gasteiger partial charge in [0.2, 0.25) is 0 Å². The average molecular weight is 281 g/mol. The number of nitrogens with two attached hydrogens (primary N) is 1. The molecule has 0 fully saturated rings. The number of benzene rings is 1. The van der Waals surface area contributed by atoms with Crippen LogP contribution < -0.4 is 5.73 Å². The first-order valence-corrected chi connectivity index (χ1v) is 8.72.